The van der Waals surface area contributed by atoms with E-state index in [4.69, 9.17) is 0 Å². The van der Waals surface area contributed by atoms with Gasteiger partial charge in [-0.05, 0) is 42.9 Å². The second kappa shape index (κ2) is 13.9. The van der Waals surface area contributed by atoms with Crippen LogP contribution in [0.25, 0.3) is 0 Å². The van der Waals surface area contributed by atoms with Crippen molar-refractivity contribution in [3.63, 3.8) is 0 Å². The van der Waals surface area contributed by atoms with Crippen molar-refractivity contribution in [3.05, 3.63) is 35.4 Å². The summed E-state index contributed by atoms with van der Waals surface area (Å²) in [6.45, 7) is 4.56. The molecule has 0 nitrogen and oxygen atoms in total. The standard InChI is InChI=1S/C22H37/c1-3-5-7-9-11-13-15-21-17-19-22(20-18-21)16-14-12-10-8-6-4-2/h17-19H,3-16H2,1-2H3. The van der Waals surface area contributed by atoms with Crippen molar-refractivity contribution in [2.45, 2.75) is 104 Å². The molecule has 0 aliphatic heterocycles. The monoisotopic (exact) mass is 301 g/mol. The molecule has 0 atom stereocenters. The highest BCUT2D eigenvalue weighted by Crippen LogP contribution is 2.13. The van der Waals surface area contributed by atoms with Gasteiger partial charge in [0.2, 0.25) is 0 Å². The number of rotatable bonds is 14. The molecule has 0 aliphatic rings. The number of benzene rings is 1. The Labute approximate surface area is 139 Å². The summed E-state index contributed by atoms with van der Waals surface area (Å²) in [5.74, 6) is 0. The van der Waals surface area contributed by atoms with Gasteiger partial charge in [0.25, 0.3) is 0 Å². The van der Waals surface area contributed by atoms with Crippen LogP contribution in [0, 0.1) is 6.07 Å². The zero-order valence-corrected chi connectivity index (χ0v) is 15.1. The first kappa shape index (κ1) is 19.3. The fourth-order valence-corrected chi connectivity index (χ4v) is 3.01. The average molecular weight is 302 g/mol. The quantitative estimate of drug-likeness (QED) is 0.316. The molecule has 125 valence electrons. The highest BCUT2D eigenvalue weighted by Gasteiger charge is 1.97. The van der Waals surface area contributed by atoms with Crippen molar-refractivity contribution in [2.75, 3.05) is 0 Å². The van der Waals surface area contributed by atoms with E-state index in [1.165, 1.54) is 101 Å². The summed E-state index contributed by atoms with van der Waals surface area (Å²) < 4.78 is 0. The Morgan fingerprint density at radius 2 is 1.18 bits per heavy atom. The Hall–Kier alpha value is -0.780. The lowest BCUT2D eigenvalue weighted by molar-refractivity contribution is 0.606. The Morgan fingerprint density at radius 1 is 0.636 bits per heavy atom. The van der Waals surface area contributed by atoms with Crippen LogP contribution in [0.2, 0.25) is 0 Å². The van der Waals surface area contributed by atoms with Gasteiger partial charge in [0.15, 0.2) is 0 Å². The largest absolute Gasteiger partial charge is 0.0654 e. The van der Waals surface area contributed by atoms with E-state index >= 15 is 0 Å². The average Bonchev–Trinajstić information content (AvgIpc) is 2.55. The Bertz CT molecular complexity index is 301. The third kappa shape index (κ3) is 10.0. The van der Waals surface area contributed by atoms with Gasteiger partial charge in [0.1, 0.15) is 0 Å². The number of aryl methyl sites for hydroxylation is 2. The van der Waals surface area contributed by atoms with Crippen LogP contribution in [0.1, 0.15) is 102 Å². The van der Waals surface area contributed by atoms with E-state index < -0.39 is 0 Å². The van der Waals surface area contributed by atoms with E-state index in [1.54, 1.807) is 0 Å². The third-order valence-corrected chi connectivity index (χ3v) is 4.56. The van der Waals surface area contributed by atoms with E-state index in [0.29, 0.717) is 0 Å². The van der Waals surface area contributed by atoms with Gasteiger partial charge in [-0.1, -0.05) is 96.3 Å². The highest BCUT2D eigenvalue weighted by molar-refractivity contribution is 5.21. The van der Waals surface area contributed by atoms with Gasteiger partial charge >= 0.3 is 0 Å². The molecule has 0 heterocycles. The molecule has 0 N–H and O–H groups in total. The molecule has 0 fully saturated rings. The molecular formula is C22H37. The first-order valence-corrected chi connectivity index (χ1v) is 9.86. The summed E-state index contributed by atoms with van der Waals surface area (Å²) in [5, 5.41) is 0. The minimum atomic E-state index is 1.21. The van der Waals surface area contributed by atoms with Gasteiger partial charge in [-0.25, -0.2) is 0 Å². The van der Waals surface area contributed by atoms with Gasteiger partial charge in [-0.3, -0.25) is 0 Å². The zero-order chi connectivity index (χ0) is 15.9. The van der Waals surface area contributed by atoms with Crippen LogP contribution in [-0.4, -0.2) is 0 Å². The summed E-state index contributed by atoms with van der Waals surface area (Å²) >= 11 is 0. The fraction of sp³-hybridized carbons (Fsp3) is 0.727. The molecule has 1 radical (unpaired) electrons. The summed E-state index contributed by atoms with van der Waals surface area (Å²) in [5.41, 5.74) is 2.88. The van der Waals surface area contributed by atoms with Crippen LogP contribution in [0.3, 0.4) is 0 Å². The van der Waals surface area contributed by atoms with Crippen LogP contribution >= 0.6 is 0 Å². The predicted octanol–water partition coefficient (Wildman–Crippen LogP) is 7.29. The topological polar surface area (TPSA) is 0 Å². The van der Waals surface area contributed by atoms with Crippen molar-refractivity contribution in [2.24, 2.45) is 0 Å². The third-order valence-electron chi connectivity index (χ3n) is 4.56. The van der Waals surface area contributed by atoms with Gasteiger partial charge in [-0.15, -0.1) is 0 Å². The van der Waals surface area contributed by atoms with Crippen LogP contribution in [0.5, 0.6) is 0 Å². The van der Waals surface area contributed by atoms with E-state index in [-0.39, 0.29) is 0 Å². The lowest BCUT2D eigenvalue weighted by Gasteiger charge is -2.05. The SMILES string of the molecule is CCCCCCCCc1[c]cc(CCCCCCCC)cc1. The number of hydrogen-bond acceptors (Lipinski definition) is 0. The summed E-state index contributed by atoms with van der Waals surface area (Å²) in [7, 11) is 0. The van der Waals surface area contributed by atoms with E-state index in [9.17, 15) is 0 Å². The van der Waals surface area contributed by atoms with Crippen molar-refractivity contribution in [1.29, 1.82) is 0 Å². The fourth-order valence-electron chi connectivity index (χ4n) is 3.01. The normalized spacial score (nSPS) is 11.0. The first-order valence-electron chi connectivity index (χ1n) is 9.86. The molecule has 0 unspecified atom stereocenters. The van der Waals surface area contributed by atoms with Crippen LogP contribution < -0.4 is 0 Å². The molecule has 0 heteroatoms. The Kier molecular flexibility index (Phi) is 12.1. The minimum Gasteiger partial charge on any atom is -0.0654 e. The maximum atomic E-state index is 3.50. The molecule has 0 saturated heterocycles. The maximum absolute atomic E-state index is 3.50. The van der Waals surface area contributed by atoms with Crippen molar-refractivity contribution in [3.8, 4) is 0 Å². The van der Waals surface area contributed by atoms with Crippen molar-refractivity contribution in [1.82, 2.24) is 0 Å². The molecule has 0 aliphatic carbocycles. The van der Waals surface area contributed by atoms with Crippen LogP contribution in [0.15, 0.2) is 18.2 Å². The zero-order valence-electron chi connectivity index (χ0n) is 15.1. The maximum Gasteiger partial charge on any atom is -0.0146 e. The molecule has 0 saturated carbocycles. The molecule has 0 spiro atoms. The van der Waals surface area contributed by atoms with E-state index in [2.05, 4.69) is 38.1 Å². The number of unbranched alkanes of at least 4 members (excludes halogenated alkanes) is 10. The van der Waals surface area contributed by atoms with Crippen LogP contribution in [0.4, 0.5) is 0 Å². The minimum absolute atomic E-state index is 1.21. The Balaban J connectivity index is 2.07. The highest BCUT2D eigenvalue weighted by atomic mass is 14.0. The second-order valence-corrected chi connectivity index (χ2v) is 6.76. The van der Waals surface area contributed by atoms with Gasteiger partial charge in [0.05, 0.1) is 0 Å². The van der Waals surface area contributed by atoms with Crippen molar-refractivity contribution < 1.29 is 0 Å². The van der Waals surface area contributed by atoms with E-state index in [0.717, 1.165) is 0 Å². The number of hydrogen-bond donors (Lipinski definition) is 0. The molecule has 1 rings (SSSR count). The molecule has 1 aromatic rings. The van der Waals surface area contributed by atoms with Crippen molar-refractivity contribution >= 4 is 0 Å². The lowest BCUT2D eigenvalue weighted by Crippen LogP contribution is -1.90. The molecule has 0 bridgehead atoms. The second-order valence-electron chi connectivity index (χ2n) is 6.76. The molecule has 0 aromatic heterocycles. The summed E-state index contributed by atoms with van der Waals surface area (Å²) in [6, 6.07) is 10.4. The molecule has 1 aromatic carbocycles. The molecule has 0 amide bonds. The van der Waals surface area contributed by atoms with Crippen LogP contribution in [-0.2, 0) is 12.8 Å². The predicted molar refractivity (Wildman–Crippen MR) is 99.4 cm³/mol. The van der Waals surface area contributed by atoms with Gasteiger partial charge in [0, 0.05) is 0 Å². The lowest BCUT2D eigenvalue weighted by atomic mass is 10.0. The summed E-state index contributed by atoms with van der Waals surface area (Å²) in [4.78, 5) is 0. The first-order chi connectivity index (χ1) is 10.9. The van der Waals surface area contributed by atoms with Gasteiger partial charge < -0.3 is 0 Å². The smallest absolute Gasteiger partial charge is 0.0146 e. The van der Waals surface area contributed by atoms with E-state index in [1.807, 2.05) is 0 Å². The molecule has 22 heavy (non-hydrogen) atoms. The Morgan fingerprint density at radius 3 is 1.73 bits per heavy atom. The molecular weight excluding hydrogens is 264 g/mol. The van der Waals surface area contributed by atoms with Gasteiger partial charge in [-0.2, -0.15) is 0 Å². The summed E-state index contributed by atoms with van der Waals surface area (Å²) in [6.07, 6.45) is 19.0.